The lowest BCUT2D eigenvalue weighted by Crippen LogP contribution is -2.56. The second-order valence-electron chi connectivity index (χ2n) is 6.59. The molecular weight excluding hydrogens is 294 g/mol. The van der Waals surface area contributed by atoms with E-state index in [1.54, 1.807) is 18.0 Å². The average molecular weight is 317 g/mol. The van der Waals surface area contributed by atoms with E-state index in [2.05, 4.69) is 5.10 Å². The monoisotopic (exact) mass is 317 g/mol. The number of morpholine rings is 1. The summed E-state index contributed by atoms with van der Waals surface area (Å²) >= 11 is 0. The summed E-state index contributed by atoms with van der Waals surface area (Å²) in [5, 5.41) is 5.38. The summed E-state index contributed by atoms with van der Waals surface area (Å²) in [4.78, 5) is 14.6. The van der Waals surface area contributed by atoms with Gasteiger partial charge in [-0.1, -0.05) is 18.2 Å². The standard InChI is InChI=1S/C17H23N3O3/c1-17(2)12-19(9-14(23-17)11-22-3)16(21)10-20-15-7-5-4-6-13(15)8-18-20/h4-8,14H,9-12H2,1-3H3/t14-/m1/s1. The first-order valence-corrected chi connectivity index (χ1v) is 7.83. The highest BCUT2D eigenvalue weighted by Gasteiger charge is 2.35. The van der Waals surface area contributed by atoms with Crippen molar-refractivity contribution in [3.05, 3.63) is 30.5 Å². The molecule has 6 nitrogen and oxygen atoms in total. The smallest absolute Gasteiger partial charge is 0.244 e. The third kappa shape index (κ3) is 3.54. The maximum absolute atomic E-state index is 12.7. The van der Waals surface area contributed by atoms with E-state index in [1.165, 1.54) is 0 Å². The van der Waals surface area contributed by atoms with Crippen molar-refractivity contribution in [2.75, 3.05) is 26.8 Å². The number of hydrogen-bond acceptors (Lipinski definition) is 4. The molecule has 1 saturated heterocycles. The van der Waals surface area contributed by atoms with Gasteiger partial charge in [-0.2, -0.15) is 5.10 Å². The minimum absolute atomic E-state index is 0.0522. The van der Waals surface area contributed by atoms with Crippen LogP contribution in [-0.2, 0) is 20.8 Å². The number of hydrogen-bond donors (Lipinski definition) is 0. The van der Waals surface area contributed by atoms with Crippen LogP contribution in [0.2, 0.25) is 0 Å². The molecule has 1 aromatic heterocycles. The Labute approximate surface area is 136 Å². The topological polar surface area (TPSA) is 56.6 Å². The van der Waals surface area contributed by atoms with Crippen LogP contribution < -0.4 is 0 Å². The molecule has 1 aromatic carbocycles. The van der Waals surface area contributed by atoms with E-state index in [0.717, 1.165) is 10.9 Å². The molecule has 3 rings (SSSR count). The summed E-state index contributed by atoms with van der Waals surface area (Å²) in [6.07, 6.45) is 1.70. The molecule has 0 radical (unpaired) electrons. The number of rotatable bonds is 4. The lowest BCUT2D eigenvalue weighted by atomic mass is 10.1. The van der Waals surface area contributed by atoms with Crippen LogP contribution in [0, 0.1) is 0 Å². The molecular formula is C17H23N3O3. The van der Waals surface area contributed by atoms with Gasteiger partial charge >= 0.3 is 0 Å². The molecule has 1 amide bonds. The van der Waals surface area contributed by atoms with Crippen LogP contribution in [0.25, 0.3) is 10.9 Å². The van der Waals surface area contributed by atoms with Crippen LogP contribution in [0.15, 0.2) is 30.5 Å². The van der Waals surface area contributed by atoms with Gasteiger partial charge in [-0.25, -0.2) is 0 Å². The van der Waals surface area contributed by atoms with Crippen LogP contribution in [0.5, 0.6) is 0 Å². The van der Waals surface area contributed by atoms with Gasteiger partial charge in [0.05, 0.1) is 30.0 Å². The number of ether oxygens (including phenoxy) is 2. The zero-order chi connectivity index (χ0) is 16.4. The molecule has 124 valence electrons. The van der Waals surface area contributed by atoms with E-state index in [-0.39, 0.29) is 24.2 Å². The Morgan fingerprint density at radius 3 is 3.00 bits per heavy atom. The first-order valence-electron chi connectivity index (χ1n) is 7.83. The number of aromatic nitrogens is 2. The minimum Gasteiger partial charge on any atom is -0.382 e. The second-order valence-corrected chi connectivity index (χ2v) is 6.59. The van der Waals surface area contributed by atoms with Gasteiger partial charge < -0.3 is 14.4 Å². The van der Waals surface area contributed by atoms with Crippen molar-refractivity contribution in [3.63, 3.8) is 0 Å². The maximum atomic E-state index is 12.7. The molecule has 1 aliphatic rings. The van der Waals surface area contributed by atoms with Crippen LogP contribution >= 0.6 is 0 Å². The van der Waals surface area contributed by atoms with Gasteiger partial charge in [-0.3, -0.25) is 9.48 Å². The maximum Gasteiger partial charge on any atom is 0.244 e. The summed E-state index contributed by atoms with van der Waals surface area (Å²) in [5.41, 5.74) is 0.602. The minimum atomic E-state index is -0.372. The van der Waals surface area contributed by atoms with Crippen molar-refractivity contribution >= 4 is 16.8 Å². The fraction of sp³-hybridized carbons (Fsp3) is 0.529. The number of nitrogens with zero attached hydrogens (tertiary/aromatic N) is 3. The van der Waals surface area contributed by atoms with E-state index in [4.69, 9.17) is 9.47 Å². The number of amides is 1. The Hall–Kier alpha value is -1.92. The third-order valence-electron chi connectivity index (χ3n) is 4.02. The number of methoxy groups -OCH3 is 1. The number of para-hydroxylation sites is 1. The van der Waals surface area contributed by atoms with Crippen LogP contribution in [0.1, 0.15) is 13.8 Å². The van der Waals surface area contributed by atoms with E-state index < -0.39 is 0 Å². The highest BCUT2D eigenvalue weighted by atomic mass is 16.5. The number of carbonyl (C=O) groups excluding carboxylic acids is 1. The van der Waals surface area contributed by atoms with Crippen molar-refractivity contribution < 1.29 is 14.3 Å². The fourth-order valence-corrected chi connectivity index (χ4v) is 3.14. The van der Waals surface area contributed by atoms with Crippen LogP contribution in [0.4, 0.5) is 0 Å². The van der Waals surface area contributed by atoms with Gasteiger partial charge in [0.15, 0.2) is 0 Å². The summed E-state index contributed by atoms with van der Waals surface area (Å²) in [7, 11) is 1.65. The Kier molecular flexibility index (Phi) is 4.37. The largest absolute Gasteiger partial charge is 0.382 e. The number of fused-ring (bicyclic) bond motifs is 1. The number of carbonyl (C=O) groups is 1. The molecule has 0 bridgehead atoms. The van der Waals surface area contributed by atoms with Crippen molar-refractivity contribution in [1.29, 1.82) is 0 Å². The van der Waals surface area contributed by atoms with Crippen LogP contribution in [0.3, 0.4) is 0 Å². The Morgan fingerprint density at radius 2 is 2.22 bits per heavy atom. The molecule has 1 fully saturated rings. The number of benzene rings is 1. The van der Waals surface area contributed by atoms with Gasteiger partial charge in [0.1, 0.15) is 6.54 Å². The predicted octanol–water partition coefficient (Wildman–Crippen LogP) is 1.69. The van der Waals surface area contributed by atoms with E-state index in [1.807, 2.05) is 43.0 Å². The summed E-state index contributed by atoms with van der Waals surface area (Å²) < 4.78 is 12.9. The molecule has 6 heteroatoms. The lowest BCUT2D eigenvalue weighted by molar-refractivity contribution is -0.169. The fourth-order valence-electron chi connectivity index (χ4n) is 3.14. The molecule has 0 unspecified atom stereocenters. The molecule has 0 spiro atoms. The summed E-state index contributed by atoms with van der Waals surface area (Å²) in [5.74, 6) is 0.0522. The van der Waals surface area contributed by atoms with Gasteiger partial charge in [-0.15, -0.1) is 0 Å². The van der Waals surface area contributed by atoms with Crippen molar-refractivity contribution in [1.82, 2.24) is 14.7 Å². The predicted molar refractivity (Wildman–Crippen MR) is 87.1 cm³/mol. The Balaban J connectivity index is 1.74. The molecule has 0 N–H and O–H groups in total. The highest BCUT2D eigenvalue weighted by Crippen LogP contribution is 2.22. The van der Waals surface area contributed by atoms with Gasteiger partial charge in [0, 0.05) is 25.6 Å². The lowest BCUT2D eigenvalue weighted by Gasteiger charge is -2.42. The summed E-state index contributed by atoms with van der Waals surface area (Å²) in [6.45, 7) is 5.85. The van der Waals surface area contributed by atoms with E-state index in [0.29, 0.717) is 19.7 Å². The van der Waals surface area contributed by atoms with Crippen molar-refractivity contribution in [3.8, 4) is 0 Å². The van der Waals surface area contributed by atoms with Crippen molar-refractivity contribution in [2.24, 2.45) is 0 Å². The van der Waals surface area contributed by atoms with Gasteiger partial charge in [0.2, 0.25) is 5.91 Å². The first-order chi connectivity index (χ1) is 11.0. The Bertz CT molecular complexity index is 695. The third-order valence-corrected chi connectivity index (χ3v) is 4.02. The van der Waals surface area contributed by atoms with Crippen LogP contribution in [-0.4, -0.2) is 59.1 Å². The molecule has 2 heterocycles. The Morgan fingerprint density at radius 1 is 1.43 bits per heavy atom. The molecule has 0 aliphatic carbocycles. The molecule has 1 aliphatic heterocycles. The quantitative estimate of drug-likeness (QED) is 0.861. The first kappa shape index (κ1) is 16.0. The normalized spacial score (nSPS) is 20.8. The van der Waals surface area contributed by atoms with Crippen molar-refractivity contribution in [2.45, 2.75) is 32.1 Å². The highest BCUT2D eigenvalue weighted by molar-refractivity contribution is 5.82. The van der Waals surface area contributed by atoms with E-state index in [9.17, 15) is 4.79 Å². The molecule has 0 saturated carbocycles. The summed E-state index contributed by atoms with van der Waals surface area (Å²) in [6, 6.07) is 7.90. The van der Waals surface area contributed by atoms with E-state index >= 15 is 0 Å². The second kappa shape index (κ2) is 6.29. The van der Waals surface area contributed by atoms with Gasteiger partial charge in [-0.05, 0) is 19.9 Å². The zero-order valence-corrected chi connectivity index (χ0v) is 13.9. The SMILES string of the molecule is COC[C@H]1CN(C(=O)Cn2ncc3ccccc32)CC(C)(C)O1. The zero-order valence-electron chi connectivity index (χ0n) is 13.9. The molecule has 1 atom stereocenters. The average Bonchev–Trinajstić information content (AvgIpc) is 2.89. The molecule has 23 heavy (non-hydrogen) atoms. The van der Waals surface area contributed by atoms with Gasteiger partial charge in [0.25, 0.3) is 0 Å². The molecule has 2 aromatic rings.